The number of unbranched alkanes of at least 4 members (excludes halogenated alkanes) is 1. The first-order chi connectivity index (χ1) is 20.9. The van der Waals surface area contributed by atoms with E-state index in [2.05, 4.69) is 108 Å². The van der Waals surface area contributed by atoms with Gasteiger partial charge in [-0.1, -0.05) is 115 Å². The van der Waals surface area contributed by atoms with E-state index in [-0.39, 0.29) is 33.4 Å². The zero-order chi connectivity index (χ0) is 35.4. The molecule has 0 amide bonds. The Morgan fingerprint density at radius 3 is 1.63 bits per heavy atom. The van der Waals surface area contributed by atoms with Crippen molar-refractivity contribution < 1.29 is 24.5 Å². The summed E-state index contributed by atoms with van der Waals surface area (Å²) in [6.45, 7) is 29.7. The number of carbonyl (C=O) groups is 2. The number of phenols is 1. The van der Waals surface area contributed by atoms with Crippen LogP contribution in [0.1, 0.15) is 157 Å². The van der Waals surface area contributed by atoms with Gasteiger partial charge in [-0.25, -0.2) is 9.59 Å². The number of hydrogen-bond donors (Lipinski definition) is 2. The number of carboxylic acids is 1. The van der Waals surface area contributed by atoms with Gasteiger partial charge in [0.2, 0.25) is 0 Å². The summed E-state index contributed by atoms with van der Waals surface area (Å²) in [5.74, 6) is -0.409. The molecule has 0 atom stereocenters. The lowest BCUT2D eigenvalue weighted by molar-refractivity contribution is 0.0693. The summed E-state index contributed by atoms with van der Waals surface area (Å²) >= 11 is 0. The zero-order valence-corrected chi connectivity index (χ0v) is 30.9. The minimum absolute atomic E-state index is 0.0115. The Labute approximate surface area is 278 Å². The van der Waals surface area contributed by atoms with Crippen LogP contribution in [-0.4, -0.2) is 22.2 Å². The number of aromatic carboxylic acids is 1. The van der Waals surface area contributed by atoms with Crippen LogP contribution in [0.15, 0.2) is 48.5 Å². The molecule has 0 aliphatic heterocycles. The van der Waals surface area contributed by atoms with Crippen molar-refractivity contribution in [2.75, 3.05) is 0 Å². The molecular formula is C41H58O5. The third kappa shape index (κ3) is 10.5. The molecule has 5 nitrogen and oxygen atoms in total. The number of aromatic hydroxyl groups is 1. The molecule has 0 saturated carbocycles. The molecule has 2 N–H and O–H groups in total. The first-order valence-electron chi connectivity index (χ1n) is 16.4. The molecule has 0 aliphatic carbocycles. The van der Waals surface area contributed by atoms with E-state index in [0.717, 1.165) is 47.1 Å². The second kappa shape index (κ2) is 14.4. The number of carboxylic acid groups (broad SMARTS) is 1. The first-order valence-corrected chi connectivity index (χ1v) is 16.4. The number of ether oxygens (including phenoxy) is 1. The molecule has 252 valence electrons. The molecular weight excluding hydrogens is 572 g/mol. The molecule has 0 heterocycles. The van der Waals surface area contributed by atoms with E-state index < -0.39 is 5.97 Å². The van der Waals surface area contributed by atoms with Gasteiger partial charge in [-0.15, -0.1) is 0 Å². The maximum absolute atomic E-state index is 13.1. The minimum Gasteiger partial charge on any atom is -0.508 e. The van der Waals surface area contributed by atoms with Gasteiger partial charge in [0.25, 0.3) is 0 Å². The molecule has 3 aromatic rings. The molecule has 0 saturated heterocycles. The summed E-state index contributed by atoms with van der Waals surface area (Å²) in [4.78, 5) is 24.3. The largest absolute Gasteiger partial charge is 0.508 e. The van der Waals surface area contributed by atoms with Crippen molar-refractivity contribution in [3.05, 3.63) is 93.0 Å². The van der Waals surface area contributed by atoms with Gasteiger partial charge in [-0.3, -0.25) is 0 Å². The van der Waals surface area contributed by atoms with Crippen molar-refractivity contribution in [3.8, 4) is 11.5 Å². The van der Waals surface area contributed by atoms with Crippen LogP contribution in [-0.2, 0) is 28.1 Å². The van der Waals surface area contributed by atoms with Gasteiger partial charge < -0.3 is 14.9 Å². The van der Waals surface area contributed by atoms with Gasteiger partial charge in [-0.05, 0) is 99.6 Å². The highest BCUT2D eigenvalue weighted by atomic mass is 16.5. The van der Waals surface area contributed by atoms with Crippen LogP contribution in [0, 0.1) is 6.92 Å². The average molecular weight is 631 g/mol. The van der Waals surface area contributed by atoms with Gasteiger partial charge in [0.15, 0.2) is 0 Å². The van der Waals surface area contributed by atoms with Crippen molar-refractivity contribution in [3.63, 3.8) is 0 Å². The zero-order valence-electron chi connectivity index (χ0n) is 30.9. The Morgan fingerprint density at radius 2 is 1.20 bits per heavy atom. The molecule has 3 aromatic carbocycles. The summed E-state index contributed by atoms with van der Waals surface area (Å²) in [7, 11) is 0. The van der Waals surface area contributed by atoms with Crippen LogP contribution in [0.25, 0.3) is 0 Å². The molecule has 0 unspecified atom stereocenters. The van der Waals surface area contributed by atoms with Crippen molar-refractivity contribution in [1.29, 1.82) is 0 Å². The van der Waals surface area contributed by atoms with Gasteiger partial charge in [-0.2, -0.15) is 0 Å². The van der Waals surface area contributed by atoms with E-state index in [1.165, 1.54) is 5.56 Å². The van der Waals surface area contributed by atoms with Gasteiger partial charge in [0, 0.05) is 5.56 Å². The van der Waals surface area contributed by atoms with Gasteiger partial charge in [0.1, 0.15) is 11.5 Å². The van der Waals surface area contributed by atoms with Crippen LogP contribution >= 0.6 is 0 Å². The quantitative estimate of drug-likeness (QED) is 0.209. The van der Waals surface area contributed by atoms with E-state index in [1.807, 2.05) is 6.92 Å². The molecule has 0 radical (unpaired) electrons. The van der Waals surface area contributed by atoms with E-state index in [1.54, 1.807) is 30.3 Å². The number of esters is 1. The number of aryl methyl sites for hydroxylation is 2. The van der Waals surface area contributed by atoms with E-state index in [9.17, 15) is 14.7 Å². The summed E-state index contributed by atoms with van der Waals surface area (Å²) in [6.07, 6.45) is 2.71. The molecule has 0 aliphatic rings. The highest BCUT2D eigenvalue weighted by Crippen LogP contribution is 2.39. The van der Waals surface area contributed by atoms with E-state index in [0.29, 0.717) is 16.9 Å². The van der Waals surface area contributed by atoms with E-state index in [4.69, 9.17) is 9.84 Å². The molecule has 0 spiro atoms. The maximum atomic E-state index is 13.1. The third-order valence-electron chi connectivity index (χ3n) is 8.16. The van der Waals surface area contributed by atoms with Crippen LogP contribution in [0.4, 0.5) is 0 Å². The fourth-order valence-corrected chi connectivity index (χ4v) is 5.02. The number of phenolic OH excluding ortho intramolecular Hbond substituents is 1. The lowest BCUT2D eigenvalue weighted by Gasteiger charge is -2.28. The highest BCUT2D eigenvalue weighted by molar-refractivity contribution is 5.93. The van der Waals surface area contributed by atoms with Crippen LogP contribution in [0.3, 0.4) is 0 Å². The van der Waals surface area contributed by atoms with Crippen molar-refractivity contribution >= 4 is 11.9 Å². The Balaban J connectivity index is 0.000000368. The lowest BCUT2D eigenvalue weighted by Crippen LogP contribution is -2.21. The summed E-state index contributed by atoms with van der Waals surface area (Å²) in [5, 5.41) is 19.0. The van der Waals surface area contributed by atoms with Gasteiger partial charge in [0.05, 0.1) is 11.1 Å². The maximum Gasteiger partial charge on any atom is 0.343 e. The smallest absolute Gasteiger partial charge is 0.343 e. The Bertz CT molecular complexity index is 1500. The predicted molar refractivity (Wildman–Crippen MR) is 191 cm³/mol. The van der Waals surface area contributed by atoms with Crippen LogP contribution in [0.5, 0.6) is 11.5 Å². The first kappa shape index (κ1) is 38.6. The van der Waals surface area contributed by atoms with Crippen molar-refractivity contribution in [2.45, 2.75) is 138 Å². The second-order valence-corrected chi connectivity index (χ2v) is 16.6. The number of rotatable bonds is 6. The Hall–Kier alpha value is -3.60. The molecule has 0 fully saturated rings. The molecule has 3 rings (SSSR count). The fraction of sp³-hybridized carbons (Fsp3) is 0.512. The van der Waals surface area contributed by atoms with Crippen LogP contribution < -0.4 is 4.74 Å². The molecule has 5 heteroatoms. The second-order valence-electron chi connectivity index (χ2n) is 16.6. The van der Waals surface area contributed by atoms with Gasteiger partial charge >= 0.3 is 11.9 Å². The van der Waals surface area contributed by atoms with Crippen LogP contribution in [0.2, 0.25) is 0 Å². The number of hydrogen-bond acceptors (Lipinski definition) is 4. The monoisotopic (exact) mass is 630 g/mol. The molecule has 46 heavy (non-hydrogen) atoms. The predicted octanol–water partition coefficient (Wildman–Crippen LogP) is 10.8. The Kier molecular flexibility index (Phi) is 12.1. The topological polar surface area (TPSA) is 83.8 Å². The third-order valence-corrected chi connectivity index (χ3v) is 8.16. The van der Waals surface area contributed by atoms with Crippen molar-refractivity contribution in [2.24, 2.45) is 0 Å². The normalized spacial score (nSPS) is 12.3. The fourth-order valence-electron chi connectivity index (χ4n) is 5.02. The highest BCUT2D eigenvalue weighted by Gasteiger charge is 2.27. The minimum atomic E-state index is -0.860. The average Bonchev–Trinajstić information content (AvgIpc) is 2.90. The standard InChI is InChI=1S/C26H36O3.C15H22O2/c1-9-10-11-18-15-20(27)12-13-21(18)24(28)29-23-17(2)14-19(25(3,4)5)16-22(23)26(6,7)8;1-14(2,3)11-7-10(13(16)17)8-12(9-11)15(4,5)6/h12-16,27H,9-11H2,1-8H3;7-9H,1-6H3,(H,16,17). The van der Waals surface area contributed by atoms with Crippen molar-refractivity contribution in [1.82, 2.24) is 0 Å². The lowest BCUT2D eigenvalue weighted by atomic mass is 9.79. The van der Waals surface area contributed by atoms with E-state index >= 15 is 0 Å². The summed E-state index contributed by atoms with van der Waals surface area (Å²) in [6, 6.07) is 14.8. The summed E-state index contributed by atoms with van der Waals surface area (Å²) in [5.41, 5.74) is 6.87. The SMILES string of the molecule is CC(C)(C)c1cc(C(=O)O)cc(C(C)(C)C)c1.CCCCc1cc(O)ccc1C(=O)Oc1c(C)cc(C(C)(C)C)cc1C(C)(C)C. The molecule has 0 bridgehead atoms. The Morgan fingerprint density at radius 1 is 0.696 bits per heavy atom. The number of benzene rings is 3. The summed E-state index contributed by atoms with van der Waals surface area (Å²) < 4.78 is 6.00. The molecule has 0 aromatic heterocycles. The number of carbonyl (C=O) groups excluding carboxylic acids is 1.